The number of anilines is 3. The van der Waals surface area contributed by atoms with Gasteiger partial charge in [-0.3, -0.25) is 0 Å². The number of rotatable bonds is 3. The van der Waals surface area contributed by atoms with E-state index in [1.165, 1.54) is 11.3 Å². The number of aryl methyl sites for hydroxylation is 1. The van der Waals surface area contributed by atoms with E-state index in [0.29, 0.717) is 0 Å². The number of carbonyl (C=O) groups is 1. The van der Waals surface area contributed by atoms with E-state index in [2.05, 4.69) is 52.4 Å². The lowest BCUT2D eigenvalue weighted by atomic mass is 10.1. The molecule has 0 radical (unpaired) electrons. The largest absolute Gasteiger partial charge is 0.378 e. The predicted molar refractivity (Wildman–Crippen MR) is 113 cm³/mol. The summed E-state index contributed by atoms with van der Waals surface area (Å²) in [5, 5.41) is 3.13. The zero-order valence-electron chi connectivity index (χ0n) is 16.4. The highest BCUT2D eigenvalue weighted by Gasteiger charge is 2.23. The van der Waals surface area contributed by atoms with Crippen molar-refractivity contribution in [3.63, 3.8) is 0 Å². The van der Waals surface area contributed by atoms with Gasteiger partial charge in [-0.2, -0.15) is 0 Å². The molecule has 0 spiro atoms. The Balaban J connectivity index is 1.38. The van der Waals surface area contributed by atoms with Gasteiger partial charge in [0.2, 0.25) is 0 Å². The van der Waals surface area contributed by atoms with E-state index in [0.717, 1.165) is 63.9 Å². The summed E-state index contributed by atoms with van der Waals surface area (Å²) in [5.74, 6) is 0. The molecule has 2 aliphatic heterocycles. The highest BCUT2D eigenvalue weighted by atomic mass is 16.5. The van der Waals surface area contributed by atoms with Gasteiger partial charge in [0.1, 0.15) is 0 Å². The van der Waals surface area contributed by atoms with Crippen LogP contribution in [0.4, 0.5) is 21.9 Å². The van der Waals surface area contributed by atoms with E-state index >= 15 is 0 Å². The smallest absolute Gasteiger partial charge is 0.322 e. The number of morpholine rings is 1. The fourth-order valence-electron chi connectivity index (χ4n) is 3.92. The van der Waals surface area contributed by atoms with Crippen LogP contribution < -0.4 is 15.1 Å². The molecule has 0 unspecified atom stereocenters. The summed E-state index contributed by atoms with van der Waals surface area (Å²) in [5.41, 5.74) is 4.48. The van der Waals surface area contributed by atoms with Crippen LogP contribution in [0.3, 0.4) is 0 Å². The number of urea groups is 1. The molecule has 1 N–H and O–H groups in total. The van der Waals surface area contributed by atoms with Crippen LogP contribution in [-0.4, -0.2) is 63.4 Å². The lowest BCUT2D eigenvalue weighted by Crippen LogP contribution is -2.50. The molecule has 2 fully saturated rings. The molecule has 2 aliphatic rings. The minimum absolute atomic E-state index is 0.0230. The normalized spacial score (nSPS) is 17.5. The van der Waals surface area contributed by atoms with Crippen LogP contribution in [0.25, 0.3) is 0 Å². The topological polar surface area (TPSA) is 48.0 Å². The minimum Gasteiger partial charge on any atom is -0.378 e. The van der Waals surface area contributed by atoms with Crippen LogP contribution in [-0.2, 0) is 4.74 Å². The van der Waals surface area contributed by atoms with Gasteiger partial charge in [0.05, 0.1) is 24.6 Å². The molecule has 0 aromatic heterocycles. The number of piperazine rings is 1. The SMILES string of the molecule is Cc1ccccc1N1CCN(C(=O)Nc2ccccc2N2CCOCC2)CC1. The summed E-state index contributed by atoms with van der Waals surface area (Å²) < 4.78 is 5.45. The second-order valence-electron chi connectivity index (χ2n) is 7.31. The molecule has 0 bridgehead atoms. The lowest BCUT2D eigenvalue weighted by molar-refractivity contribution is 0.123. The van der Waals surface area contributed by atoms with Crippen molar-refractivity contribution in [2.45, 2.75) is 6.92 Å². The Labute approximate surface area is 166 Å². The van der Waals surface area contributed by atoms with Gasteiger partial charge in [-0.1, -0.05) is 30.3 Å². The number of carbonyl (C=O) groups excluding carboxylic acids is 1. The van der Waals surface area contributed by atoms with Crippen LogP contribution in [0.2, 0.25) is 0 Å². The fourth-order valence-corrected chi connectivity index (χ4v) is 3.92. The fraction of sp³-hybridized carbons (Fsp3) is 0.409. The highest BCUT2D eigenvalue weighted by Crippen LogP contribution is 2.27. The van der Waals surface area contributed by atoms with E-state index in [1.54, 1.807) is 0 Å². The maximum atomic E-state index is 12.9. The van der Waals surface area contributed by atoms with Crippen LogP contribution in [0.5, 0.6) is 0 Å². The zero-order valence-corrected chi connectivity index (χ0v) is 16.4. The van der Waals surface area contributed by atoms with Crippen molar-refractivity contribution >= 4 is 23.1 Å². The maximum Gasteiger partial charge on any atom is 0.322 e. The summed E-state index contributed by atoms with van der Waals surface area (Å²) >= 11 is 0. The van der Waals surface area contributed by atoms with Crippen molar-refractivity contribution in [2.75, 3.05) is 67.6 Å². The average molecular weight is 380 g/mol. The Morgan fingerprint density at radius 2 is 1.43 bits per heavy atom. The molecule has 6 nitrogen and oxygen atoms in total. The lowest BCUT2D eigenvalue weighted by Gasteiger charge is -2.37. The molecule has 0 saturated carbocycles. The van der Waals surface area contributed by atoms with Gasteiger partial charge in [0.15, 0.2) is 0 Å². The first kappa shape index (κ1) is 18.6. The zero-order chi connectivity index (χ0) is 19.3. The van der Waals surface area contributed by atoms with Gasteiger partial charge in [-0.15, -0.1) is 0 Å². The molecule has 2 amide bonds. The van der Waals surface area contributed by atoms with Crippen molar-refractivity contribution in [2.24, 2.45) is 0 Å². The molecular weight excluding hydrogens is 352 g/mol. The number of hydrogen-bond donors (Lipinski definition) is 1. The number of nitrogens with zero attached hydrogens (tertiary/aromatic N) is 3. The molecule has 2 aromatic rings. The minimum atomic E-state index is -0.0230. The van der Waals surface area contributed by atoms with Gasteiger partial charge < -0.3 is 24.8 Å². The number of para-hydroxylation sites is 3. The first-order valence-electron chi connectivity index (χ1n) is 10.0. The monoisotopic (exact) mass is 380 g/mol. The second kappa shape index (κ2) is 8.52. The second-order valence-corrected chi connectivity index (χ2v) is 7.31. The van der Waals surface area contributed by atoms with Gasteiger partial charge in [-0.25, -0.2) is 4.79 Å². The van der Waals surface area contributed by atoms with Gasteiger partial charge in [-0.05, 0) is 30.7 Å². The Morgan fingerprint density at radius 1 is 0.821 bits per heavy atom. The molecule has 6 heteroatoms. The van der Waals surface area contributed by atoms with Crippen LogP contribution >= 0.6 is 0 Å². The summed E-state index contributed by atoms with van der Waals surface area (Å²) in [7, 11) is 0. The summed E-state index contributed by atoms with van der Waals surface area (Å²) in [4.78, 5) is 19.4. The Kier molecular flexibility index (Phi) is 5.67. The van der Waals surface area contributed by atoms with E-state index in [1.807, 2.05) is 23.1 Å². The number of ether oxygens (including phenoxy) is 1. The van der Waals surface area contributed by atoms with Crippen LogP contribution in [0.1, 0.15) is 5.56 Å². The first-order chi connectivity index (χ1) is 13.7. The van der Waals surface area contributed by atoms with Crippen molar-refractivity contribution in [1.82, 2.24) is 4.90 Å². The third-order valence-corrected chi connectivity index (χ3v) is 5.52. The quantitative estimate of drug-likeness (QED) is 0.889. The number of benzene rings is 2. The van der Waals surface area contributed by atoms with Crippen molar-refractivity contribution in [1.29, 1.82) is 0 Å². The summed E-state index contributed by atoms with van der Waals surface area (Å²) in [6, 6.07) is 16.4. The maximum absolute atomic E-state index is 12.9. The molecule has 28 heavy (non-hydrogen) atoms. The molecule has 0 atom stereocenters. The molecule has 148 valence electrons. The van der Waals surface area contributed by atoms with E-state index in [-0.39, 0.29) is 6.03 Å². The third-order valence-electron chi connectivity index (χ3n) is 5.52. The predicted octanol–water partition coefficient (Wildman–Crippen LogP) is 3.19. The van der Waals surface area contributed by atoms with Crippen molar-refractivity contribution in [3.8, 4) is 0 Å². The molecular formula is C22H28N4O2. The molecule has 2 aromatic carbocycles. The van der Waals surface area contributed by atoms with E-state index in [4.69, 9.17) is 4.74 Å². The average Bonchev–Trinajstić information content (AvgIpc) is 2.75. The van der Waals surface area contributed by atoms with E-state index < -0.39 is 0 Å². The number of amides is 2. The number of hydrogen-bond acceptors (Lipinski definition) is 4. The van der Waals surface area contributed by atoms with Crippen LogP contribution in [0.15, 0.2) is 48.5 Å². The van der Waals surface area contributed by atoms with Gasteiger partial charge in [0.25, 0.3) is 0 Å². The van der Waals surface area contributed by atoms with Crippen molar-refractivity contribution < 1.29 is 9.53 Å². The standard InChI is InChI=1S/C22H28N4O2/c1-18-6-2-4-8-20(18)24-10-12-26(13-11-24)22(27)23-19-7-3-5-9-21(19)25-14-16-28-17-15-25/h2-9H,10-17H2,1H3,(H,23,27). The first-order valence-corrected chi connectivity index (χ1v) is 10.0. The Morgan fingerprint density at radius 3 is 2.14 bits per heavy atom. The van der Waals surface area contributed by atoms with E-state index in [9.17, 15) is 4.79 Å². The molecule has 2 heterocycles. The summed E-state index contributed by atoms with van der Waals surface area (Å²) in [6.45, 7) is 8.43. The molecule has 2 saturated heterocycles. The Hall–Kier alpha value is -2.73. The van der Waals surface area contributed by atoms with Crippen molar-refractivity contribution in [3.05, 3.63) is 54.1 Å². The van der Waals surface area contributed by atoms with Gasteiger partial charge in [0, 0.05) is 45.0 Å². The molecule has 0 aliphatic carbocycles. The van der Waals surface area contributed by atoms with Crippen LogP contribution in [0, 0.1) is 6.92 Å². The van der Waals surface area contributed by atoms with Gasteiger partial charge >= 0.3 is 6.03 Å². The summed E-state index contributed by atoms with van der Waals surface area (Å²) in [6.07, 6.45) is 0. The number of nitrogens with one attached hydrogen (secondary N) is 1. The highest BCUT2D eigenvalue weighted by molar-refractivity contribution is 5.93. The molecule has 4 rings (SSSR count). The third kappa shape index (κ3) is 4.07. The Bertz CT molecular complexity index is 812.